The highest BCUT2D eigenvalue weighted by Crippen LogP contribution is 2.14. The smallest absolute Gasteiger partial charge is 0.277 e. The highest BCUT2D eigenvalue weighted by molar-refractivity contribution is 5.77. The Labute approximate surface area is 187 Å². The molecule has 9 nitrogen and oxygen atoms in total. The minimum absolute atomic E-state index is 0.0307. The molecule has 1 fully saturated rings. The number of carbonyl (C=O) groups is 1. The van der Waals surface area contributed by atoms with Crippen LogP contribution < -0.4 is 5.56 Å². The number of aromatic amines is 1. The first-order valence-electron chi connectivity index (χ1n) is 11.1. The van der Waals surface area contributed by atoms with E-state index in [0.717, 1.165) is 38.4 Å². The molecule has 1 aromatic carbocycles. The van der Waals surface area contributed by atoms with E-state index in [2.05, 4.69) is 26.9 Å². The molecule has 170 valence electrons. The predicted molar refractivity (Wildman–Crippen MR) is 120 cm³/mol. The Bertz CT molecular complexity index is 1100. The van der Waals surface area contributed by atoms with Crippen molar-refractivity contribution in [1.29, 1.82) is 0 Å². The van der Waals surface area contributed by atoms with E-state index >= 15 is 0 Å². The summed E-state index contributed by atoms with van der Waals surface area (Å²) in [4.78, 5) is 38.8. The minimum atomic E-state index is -0.200. The van der Waals surface area contributed by atoms with Crippen molar-refractivity contribution in [2.24, 2.45) is 0 Å². The van der Waals surface area contributed by atoms with Crippen LogP contribution in [0.2, 0.25) is 0 Å². The first-order chi connectivity index (χ1) is 15.5. The zero-order chi connectivity index (χ0) is 22.5. The number of rotatable bonds is 8. The minimum Gasteiger partial charge on any atom is -0.379 e. The van der Waals surface area contributed by atoms with E-state index in [0.29, 0.717) is 30.0 Å². The van der Waals surface area contributed by atoms with Gasteiger partial charge in [0.25, 0.3) is 11.3 Å². The standard InChI is InChI=1S/C23H30N6O3/c1-17(14-27-10-12-32-13-11-27)28(15-19-6-4-3-5-7-19)21(30)9-8-20-18(2)26-23-24-16-25-29(23)22(20)31/h3-7,16-17H,8-15H2,1-2H3,(H,24,25,26). The largest absolute Gasteiger partial charge is 0.379 e. The first kappa shape index (κ1) is 22.2. The van der Waals surface area contributed by atoms with Crippen LogP contribution in [0.15, 0.2) is 41.5 Å². The Morgan fingerprint density at radius 2 is 2.00 bits per heavy atom. The number of hydrogen-bond donors (Lipinski definition) is 1. The number of aryl methyl sites for hydroxylation is 1. The molecule has 1 atom stereocenters. The van der Waals surface area contributed by atoms with Gasteiger partial charge in [-0.3, -0.25) is 19.6 Å². The van der Waals surface area contributed by atoms with E-state index < -0.39 is 0 Å². The van der Waals surface area contributed by atoms with E-state index in [1.54, 1.807) is 6.92 Å². The average molecular weight is 439 g/mol. The molecular formula is C23H30N6O3. The third-order valence-corrected chi connectivity index (χ3v) is 6.00. The molecule has 3 aromatic rings. The Morgan fingerprint density at radius 1 is 1.25 bits per heavy atom. The molecule has 1 unspecified atom stereocenters. The van der Waals surface area contributed by atoms with E-state index in [-0.39, 0.29) is 23.9 Å². The Balaban J connectivity index is 1.49. The van der Waals surface area contributed by atoms with Crippen LogP contribution in [0.1, 0.15) is 30.2 Å². The molecule has 0 radical (unpaired) electrons. The van der Waals surface area contributed by atoms with Crippen molar-refractivity contribution in [2.75, 3.05) is 32.8 Å². The molecule has 1 aliphatic heterocycles. The molecule has 9 heteroatoms. The van der Waals surface area contributed by atoms with Crippen LogP contribution in [0.5, 0.6) is 0 Å². The van der Waals surface area contributed by atoms with Gasteiger partial charge in [0.15, 0.2) is 0 Å². The molecule has 1 N–H and O–H groups in total. The third kappa shape index (κ3) is 5.05. The quantitative estimate of drug-likeness (QED) is 0.571. The van der Waals surface area contributed by atoms with E-state index in [4.69, 9.17) is 4.74 Å². The van der Waals surface area contributed by atoms with Gasteiger partial charge in [-0.15, -0.1) is 0 Å². The molecule has 0 aliphatic carbocycles. The summed E-state index contributed by atoms with van der Waals surface area (Å²) in [6.07, 6.45) is 2.03. The lowest BCUT2D eigenvalue weighted by molar-refractivity contribution is -0.134. The summed E-state index contributed by atoms with van der Waals surface area (Å²) in [7, 11) is 0. The predicted octanol–water partition coefficient (Wildman–Crippen LogP) is 1.41. The highest BCUT2D eigenvalue weighted by atomic mass is 16.5. The van der Waals surface area contributed by atoms with Crippen molar-refractivity contribution in [3.8, 4) is 0 Å². The summed E-state index contributed by atoms with van der Waals surface area (Å²) in [5.41, 5.74) is 2.05. The molecular weight excluding hydrogens is 408 g/mol. The summed E-state index contributed by atoms with van der Waals surface area (Å²) in [5.74, 6) is 0.371. The molecule has 1 saturated heterocycles. The number of morpholine rings is 1. The summed E-state index contributed by atoms with van der Waals surface area (Å²) in [5, 5.41) is 2.78. The van der Waals surface area contributed by atoms with Gasteiger partial charge in [0.2, 0.25) is 5.91 Å². The van der Waals surface area contributed by atoms with Gasteiger partial charge in [-0.1, -0.05) is 30.3 Å². The number of hydrogen-bond acceptors (Lipinski definition) is 6. The summed E-state index contributed by atoms with van der Waals surface area (Å²) in [6, 6.07) is 10.1. The number of H-pyrrole nitrogens is 1. The van der Waals surface area contributed by atoms with Gasteiger partial charge in [0.1, 0.15) is 6.33 Å². The van der Waals surface area contributed by atoms with Gasteiger partial charge in [0.05, 0.1) is 18.9 Å². The van der Waals surface area contributed by atoms with E-state index in [1.807, 2.05) is 35.2 Å². The lowest BCUT2D eigenvalue weighted by atomic mass is 10.1. The van der Waals surface area contributed by atoms with Gasteiger partial charge >= 0.3 is 0 Å². The molecule has 1 aliphatic rings. The molecule has 3 heterocycles. The molecule has 0 bridgehead atoms. The Hall–Kier alpha value is -3.04. The van der Waals surface area contributed by atoms with Crippen molar-refractivity contribution in [2.45, 2.75) is 39.3 Å². The highest BCUT2D eigenvalue weighted by Gasteiger charge is 2.24. The SMILES string of the molecule is Cc1nc2nc[nH]n2c(=O)c1CCC(=O)N(Cc1ccccc1)C(C)CN1CCOCC1. The molecule has 0 spiro atoms. The number of benzene rings is 1. The second kappa shape index (κ2) is 10.1. The molecule has 1 amide bonds. The fraction of sp³-hybridized carbons (Fsp3) is 0.478. The van der Waals surface area contributed by atoms with Crippen LogP contribution >= 0.6 is 0 Å². The van der Waals surface area contributed by atoms with E-state index in [1.165, 1.54) is 10.8 Å². The van der Waals surface area contributed by atoms with Crippen molar-refractivity contribution in [3.63, 3.8) is 0 Å². The monoisotopic (exact) mass is 438 g/mol. The fourth-order valence-corrected chi connectivity index (χ4v) is 4.18. The van der Waals surface area contributed by atoms with Crippen molar-refractivity contribution >= 4 is 11.7 Å². The molecule has 32 heavy (non-hydrogen) atoms. The van der Waals surface area contributed by atoms with Gasteiger partial charge in [0, 0.05) is 44.2 Å². The second-order valence-electron chi connectivity index (χ2n) is 8.27. The number of fused-ring (bicyclic) bond motifs is 1. The van der Waals surface area contributed by atoms with Gasteiger partial charge < -0.3 is 9.64 Å². The number of amides is 1. The normalized spacial score (nSPS) is 15.7. The zero-order valence-electron chi connectivity index (χ0n) is 18.7. The van der Waals surface area contributed by atoms with Crippen LogP contribution in [-0.2, 0) is 22.5 Å². The zero-order valence-corrected chi connectivity index (χ0v) is 18.7. The molecule has 4 rings (SSSR count). The van der Waals surface area contributed by atoms with Crippen molar-refractivity contribution in [3.05, 3.63) is 63.8 Å². The summed E-state index contributed by atoms with van der Waals surface area (Å²) >= 11 is 0. The summed E-state index contributed by atoms with van der Waals surface area (Å²) < 4.78 is 6.77. The van der Waals surface area contributed by atoms with Crippen molar-refractivity contribution in [1.82, 2.24) is 29.4 Å². The number of nitrogens with one attached hydrogen (secondary N) is 1. The molecule has 2 aromatic heterocycles. The van der Waals surface area contributed by atoms with Crippen LogP contribution in [0.25, 0.3) is 5.78 Å². The van der Waals surface area contributed by atoms with Gasteiger partial charge in [-0.05, 0) is 25.8 Å². The third-order valence-electron chi connectivity index (χ3n) is 6.00. The van der Waals surface area contributed by atoms with Crippen LogP contribution in [0, 0.1) is 6.92 Å². The lowest BCUT2D eigenvalue weighted by Crippen LogP contribution is -2.48. The maximum atomic E-state index is 13.4. The van der Waals surface area contributed by atoms with Crippen LogP contribution in [0.3, 0.4) is 0 Å². The van der Waals surface area contributed by atoms with Crippen LogP contribution in [-0.4, -0.2) is 74.2 Å². The van der Waals surface area contributed by atoms with Crippen molar-refractivity contribution < 1.29 is 9.53 Å². The number of carbonyl (C=O) groups excluding carboxylic acids is 1. The number of nitrogens with zero attached hydrogens (tertiary/aromatic N) is 5. The summed E-state index contributed by atoms with van der Waals surface area (Å²) in [6.45, 7) is 8.43. The van der Waals surface area contributed by atoms with Gasteiger partial charge in [-0.2, -0.15) is 4.52 Å². The maximum absolute atomic E-state index is 13.4. The number of ether oxygens (including phenoxy) is 1. The number of aromatic nitrogens is 4. The first-order valence-corrected chi connectivity index (χ1v) is 11.1. The topological polar surface area (TPSA) is 95.8 Å². The second-order valence-corrected chi connectivity index (χ2v) is 8.27. The Kier molecular flexibility index (Phi) is 6.96. The Morgan fingerprint density at radius 3 is 2.75 bits per heavy atom. The average Bonchev–Trinajstić information content (AvgIpc) is 3.27. The fourth-order valence-electron chi connectivity index (χ4n) is 4.18. The lowest BCUT2D eigenvalue weighted by Gasteiger charge is -2.35. The van der Waals surface area contributed by atoms with E-state index in [9.17, 15) is 9.59 Å². The van der Waals surface area contributed by atoms with Gasteiger partial charge in [-0.25, -0.2) is 9.97 Å². The maximum Gasteiger partial charge on any atom is 0.277 e. The van der Waals surface area contributed by atoms with Crippen LogP contribution in [0.4, 0.5) is 0 Å². The molecule has 0 saturated carbocycles.